The fraction of sp³-hybridized carbons (Fsp3) is 0.375. The first kappa shape index (κ1) is 15.5. The van der Waals surface area contributed by atoms with Gasteiger partial charge in [-0.3, -0.25) is 14.7 Å². The standard InChI is InChI=1S/C16H19N5O2/c22-16(19-3-4-21-5-7-23-8-6-21)13-1-2-15(20-11-13)14-9-17-12-18-10-14/h1-2,9-12H,3-8H2,(H,19,22). The molecule has 3 heterocycles. The topological polar surface area (TPSA) is 80.2 Å². The number of rotatable bonds is 5. The van der Waals surface area contributed by atoms with E-state index in [2.05, 4.69) is 25.2 Å². The molecule has 2 aromatic rings. The lowest BCUT2D eigenvalue weighted by molar-refractivity contribution is 0.0383. The van der Waals surface area contributed by atoms with Crippen molar-refractivity contribution in [3.8, 4) is 11.3 Å². The maximum absolute atomic E-state index is 12.1. The van der Waals surface area contributed by atoms with Crippen LogP contribution in [0, 0.1) is 0 Å². The van der Waals surface area contributed by atoms with Crippen molar-refractivity contribution in [2.75, 3.05) is 39.4 Å². The minimum Gasteiger partial charge on any atom is -0.379 e. The molecule has 3 rings (SSSR count). The van der Waals surface area contributed by atoms with Crippen LogP contribution in [0.5, 0.6) is 0 Å². The van der Waals surface area contributed by atoms with Crippen LogP contribution >= 0.6 is 0 Å². The Morgan fingerprint density at radius 2 is 1.96 bits per heavy atom. The van der Waals surface area contributed by atoms with E-state index in [4.69, 9.17) is 4.74 Å². The maximum Gasteiger partial charge on any atom is 0.252 e. The summed E-state index contributed by atoms with van der Waals surface area (Å²) in [5.41, 5.74) is 2.12. The molecule has 0 unspecified atom stereocenters. The third-order valence-corrected chi connectivity index (χ3v) is 3.70. The van der Waals surface area contributed by atoms with Crippen molar-refractivity contribution in [3.63, 3.8) is 0 Å². The van der Waals surface area contributed by atoms with Crippen LogP contribution in [0.4, 0.5) is 0 Å². The van der Waals surface area contributed by atoms with Gasteiger partial charge in [-0.05, 0) is 12.1 Å². The SMILES string of the molecule is O=C(NCCN1CCOCC1)c1ccc(-c2cncnc2)nc1. The van der Waals surface area contributed by atoms with E-state index in [-0.39, 0.29) is 5.91 Å². The highest BCUT2D eigenvalue weighted by Gasteiger charge is 2.11. The molecule has 0 aliphatic carbocycles. The van der Waals surface area contributed by atoms with Gasteiger partial charge >= 0.3 is 0 Å². The number of ether oxygens (including phenoxy) is 1. The monoisotopic (exact) mass is 313 g/mol. The van der Waals surface area contributed by atoms with Crippen molar-refractivity contribution < 1.29 is 9.53 Å². The largest absolute Gasteiger partial charge is 0.379 e. The Morgan fingerprint density at radius 1 is 1.17 bits per heavy atom. The molecule has 0 bridgehead atoms. The second kappa shape index (κ2) is 7.75. The summed E-state index contributed by atoms with van der Waals surface area (Å²) in [6.45, 7) is 4.83. The van der Waals surface area contributed by atoms with Crippen molar-refractivity contribution in [2.45, 2.75) is 0 Å². The first-order valence-corrected chi connectivity index (χ1v) is 7.63. The van der Waals surface area contributed by atoms with Gasteiger partial charge in [0.1, 0.15) is 6.33 Å². The zero-order valence-electron chi connectivity index (χ0n) is 12.8. The van der Waals surface area contributed by atoms with E-state index in [9.17, 15) is 4.79 Å². The number of hydrogen-bond acceptors (Lipinski definition) is 6. The fourth-order valence-corrected chi connectivity index (χ4v) is 2.38. The molecule has 1 aliphatic heterocycles. The van der Waals surface area contributed by atoms with Gasteiger partial charge in [-0.1, -0.05) is 0 Å². The van der Waals surface area contributed by atoms with Gasteiger partial charge in [-0.2, -0.15) is 0 Å². The highest BCUT2D eigenvalue weighted by atomic mass is 16.5. The summed E-state index contributed by atoms with van der Waals surface area (Å²) in [5.74, 6) is -0.110. The van der Waals surface area contributed by atoms with Crippen LogP contribution < -0.4 is 5.32 Å². The number of nitrogens with one attached hydrogen (secondary N) is 1. The van der Waals surface area contributed by atoms with E-state index in [1.165, 1.54) is 6.33 Å². The number of aromatic nitrogens is 3. The summed E-state index contributed by atoms with van der Waals surface area (Å²) in [7, 11) is 0. The second-order valence-electron chi connectivity index (χ2n) is 5.27. The summed E-state index contributed by atoms with van der Waals surface area (Å²) in [6, 6.07) is 3.56. The molecule has 0 aromatic carbocycles. The summed E-state index contributed by atoms with van der Waals surface area (Å²) in [5, 5.41) is 2.92. The molecule has 1 aliphatic rings. The highest BCUT2D eigenvalue weighted by molar-refractivity contribution is 5.94. The highest BCUT2D eigenvalue weighted by Crippen LogP contribution is 2.14. The zero-order chi connectivity index (χ0) is 15.9. The smallest absolute Gasteiger partial charge is 0.252 e. The Hall–Kier alpha value is -2.38. The van der Waals surface area contributed by atoms with Crippen LogP contribution in [0.3, 0.4) is 0 Å². The lowest BCUT2D eigenvalue weighted by atomic mass is 10.2. The number of carbonyl (C=O) groups excluding carboxylic acids is 1. The van der Waals surface area contributed by atoms with Gasteiger partial charge in [0.15, 0.2) is 0 Å². The third-order valence-electron chi connectivity index (χ3n) is 3.70. The normalized spacial score (nSPS) is 15.3. The Bertz CT molecular complexity index is 627. The average Bonchev–Trinajstić information content (AvgIpc) is 2.63. The number of nitrogens with zero attached hydrogens (tertiary/aromatic N) is 4. The number of hydrogen-bond donors (Lipinski definition) is 1. The summed E-state index contributed by atoms with van der Waals surface area (Å²) >= 11 is 0. The molecule has 23 heavy (non-hydrogen) atoms. The quantitative estimate of drug-likeness (QED) is 0.871. The molecular formula is C16H19N5O2. The van der Waals surface area contributed by atoms with Gasteiger partial charge in [0.2, 0.25) is 0 Å². The van der Waals surface area contributed by atoms with Crippen LogP contribution in [0.15, 0.2) is 37.1 Å². The second-order valence-corrected chi connectivity index (χ2v) is 5.27. The maximum atomic E-state index is 12.1. The van der Waals surface area contributed by atoms with Gasteiger partial charge in [-0.25, -0.2) is 9.97 Å². The molecule has 2 aromatic heterocycles. The predicted molar refractivity (Wildman–Crippen MR) is 84.9 cm³/mol. The molecule has 0 spiro atoms. The number of morpholine rings is 1. The number of carbonyl (C=O) groups is 1. The van der Waals surface area contributed by atoms with Gasteiger partial charge in [0, 0.05) is 50.3 Å². The van der Waals surface area contributed by atoms with Gasteiger partial charge in [0.25, 0.3) is 5.91 Å². The molecule has 0 radical (unpaired) electrons. The Labute approximate surface area is 134 Å². The molecule has 1 fully saturated rings. The van der Waals surface area contributed by atoms with Crippen molar-refractivity contribution in [2.24, 2.45) is 0 Å². The molecule has 0 atom stereocenters. The molecular weight excluding hydrogens is 294 g/mol. The molecule has 1 amide bonds. The van der Waals surface area contributed by atoms with Gasteiger partial charge < -0.3 is 10.1 Å². The van der Waals surface area contributed by atoms with Gasteiger partial charge in [-0.15, -0.1) is 0 Å². The lowest BCUT2D eigenvalue weighted by Gasteiger charge is -2.26. The first-order valence-electron chi connectivity index (χ1n) is 7.63. The van der Waals surface area contributed by atoms with E-state index >= 15 is 0 Å². The fourth-order valence-electron chi connectivity index (χ4n) is 2.38. The Balaban J connectivity index is 1.51. The summed E-state index contributed by atoms with van der Waals surface area (Å²) < 4.78 is 5.30. The van der Waals surface area contributed by atoms with Gasteiger partial charge in [0.05, 0.1) is 24.5 Å². The predicted octanol–water partition coefficient (Wildman–Crippen LogP) is 0.601. The number of amides is 1. The summed E-state index contributed by atoms with van der Waals surface area (Å²) in [6.07, 6.45) is 6.43. The van der Waals surface area contributed by atoms with Crippen LogP contribution in [0.1, 0.15) is 10.4 Å². The Kier molecular flexibility index (Phi) is 5.23. The third kappa shape index (κ3) is 4.30. The van der Waals surface area contributed by atoms with Crippen molar-refractivity contribution >= 4 is 5.91 Å². The minimum absolute atomic E-state index is 0.110. The minimum atomic E-state index is -0.110. The molecule has 1 saturated heterocycles. The van der Waals surface area contributed by atoms with E-state index in [0.29, 0.717) is 12.1 Å². The van der Waals surface area contributed by atoms with Crippen LogP contribution in [0.25, 0.3) is 11.3 Å². The van der Waals surface area contributed by atoms with Crippen molar-refractivity contribution in [3.05, 3.63) is 42.6 Å². The molecule has 120 valence electrons. The van der Waals surface area contributed by atoms with E-state index in [0.717, 1.165) is 44.1 Å². The summed E-state index contributed by atoms with van der Waals surface area (Å²) in [4.78, 5) is 26.6. The molecule has 7 nitrogen and oxygen atoms in total. The van der Waals surface area contributed by atoms with Crippen molar-refractivity contribution in [1.29, 1.82) is 0 Å². The molecule has 1 N–H and O–H groups in total. The lowest BCUT2D eigenvalue weighted by Crippen LogP contribution is -2.41. The van der Waals surface area contributed by atoms with E-state index < -0.39 is 0 Å². The van der Waals surface area contributed by atoms with Crippen LogP contribution in [-0.2, 0) is 4.74 Å². The van der Waals surface area contributed by atoms with E-state index in [1.54, 1.807) is 30.7 Å². The van der Waals surface area contributed by atoms with Crippen LogP contribution in [-0.4, -0.2) is 65.2 Å². The van der Waals surface area contributed by atoms with Crippen molar-refractivity contribution in [1.82, 2.24) is 25.2 Å². The number of pyridine rings is 1. The molecule has 0 saturated carbocycles. The Morgan fingerprint density at radius 3 is 2.65 bits per heavy atom. The first-order chi connectivity index (χ1) is 11.3. The van der Waals surface area contributed by atoms with Crippen LogP contribution in [0.2, 0.25) is 0 Å². The van der Waals surface area contributed by atoms with E-state index in [1.807, 2.05) is 0 Å². The zero-order valence-corrected chi connectivity index (χ0v) is 12.8. The average molecular weight is 313 g/mol. The molecule has 7 heteroatoms.